The van der Waals surface area contributed by atoms with E-state index in [9.17, 15) is 9.59 Å². The van der Waals surface area contributed by atoms with Crippen LogP contribution in [-0.4, -0.2) is 59.8 Å². The minimum absolute atomic E-state index is 0.0390. The van der Waals surface area contributed by atoms with Crippen molar-refractivity contribution in [3.05, 3.63) is 36.0 Å². The normalized spacial score (nSPS) is 23.7. The number of Topliss-reactive ketones (excluding diaryl/α,β-unsaturated/α-hetero) is 1. The number of nitrogens with zero attached hydrogens (tertiary/aromatic N) is 3. The zero-order chi connectivity index (χ0) is 22.7. The maximum Gasteiger partial charge on any atom is 0.225 e. The minimum Gasteiger partial charge on any atom is -0.497 e. The molecule has 2 aromatic rings. The van der Waals surface area contributed by atoms with E-state index >= 15 is 0 Å². The fourth-order valence-electron chi connectivity index (χ4n) is 4.89. The molecule has 1 amide bonds. The number of nitrogens with two attached hydrogens (primary N) is 1. The number of amides is 1. The molecule has 8 heteroatoms. The number of benzene rings is 1. The fourth-order valence-corrected chi connectivity index (χ4v) is 4.89. The summed E-state index contributed by atoms with van der Waals surface area (Å²) >= 11 is 0. The Bertz CT molecular complexity index is 947. The molecule has 32 heavy (non-hydrogen) atoms. The van der Waals surface area contributed by atoms with Crippen LogP contribution in [0, 0.1) is 11.8 Å². The molecule has 172 valence electrons. The van der Waals surface area contributed by atoms with Crippen LogP contribution in [0.4, 0.5) is 5.82 Å². The predicted octanol–water partition coefficient (Wildman–Crippen LogP) is 3.09. The lowest BCUT2D eigenvalue weighted by Crippen LogP contribution is -2.45. The second-order valence-electron chi connectivity index (χ2n) is 8.75. The molecular formula is C24H32N4O4. The number of likely N-dealkylation sites (tertiary alicyclic amines) is 1. The summed E-state index contributed by atoms with van der Waals surface area (Å²) in [4.78, 5) is 28.3. The first-order valence-corrected chi connectivity index (χ1v) is 11.4. The summed E-state index contributed by atoms with van der Waals surface area (Å²) in [5.74, 6) is 0.985. The van der Waals surface area contributed by atoms with Crippen molar-refractivity contribution in [2.45, 2.75) is 44.6 Å². The Labute approximate surface area is 188 Å². The molecule has 2 fully saturated rings. The minimum atomic E-state index is -0.251. The molecule has 4 rings (SSSR count). The van der Waals surface area contributed by atoms with Gasteiger partial charge < -0.3 is 20.1 Å². The van der Waals surface area contributed by atoms with Crippen LogP contribution in [0.5, 0.6) is 5.75 Å². The SMILES string of the molecule is COc1ccc(-n2ncc(C(=O)[C@@H]3CCCN(C(=O)C4CCC(OC)CC4)C3)c2N)cc1. The Kier molecular flexibility index (Phi) is 6.79. The summed E-state index contributed by atoms with van der Waals surface area (Å²) in [7, 11) is 3.34. The molecule has 8 nitrogen and oxygen atoms in total. The van der Waals surface area contributed by atoms with Gasteiger partial charge in [-0.15, -0.1) is 0 Å². The van der Waals surface area contributed by atoms with Gasteiger partial charge in [-0.05, 0) is 62.8 Å². The van der Waals surface area contributed by atoms with Crippen LogP contribution in [0.2, 0.25) is 0 Å². The van der Waals surface area contributed by atoms with Gasteiger partial charge in [0.05, 0.1) is 30.7 Å². The van der Waals surface area contributed by atoms with Crippen LogP contribution in [0.1, 0.15) is 48.9 Å². The summed E-state index contributed by atoms with van der Waals surface area (Å²) in [6.45, 7) is 1.17. The number of hydrogen-bond acceptors (Lipinski definition) is 6. The van der Waals surface area contributed by atoms with Gasteiger partial charge in [-0.25, -0.2) is 4.68 Å². The number of anilines is 1. The van der Waals surface area contributed by atoms with Gasteiger partial charge in [0.1, 0.15) is 11.6 Å². The molecule has 0 bridgehead atoms. The molecule has 1 atom stereocenters. The molecule has 0 radical (unpaired) electrons. The zero-order valence-electron chi connectivity index (χ0n) is 18.8. The van der Waals surface area contributed by atoms with Crippen molar-refractivity contribution in [1.29, 1.82) is 0 Å². The lowest BCUT2D eigenvalue weighted by atomic mass is 9.85. The van der Waals surface area contributed by atoms with Crippen molar-refractivity contribution in [2.75, 3.05) is 33.0 Å². The van der Waals surface area contributed by atoms with Crippen molar-refractivity contribution < 1.29 is 19.1 Å². The number of methoxy groups -OCH3 is 2. The highest BCUT2D eigenvalue weighted by Gasteiger charge is 2.35. The summed E-state index contributed by atoms with van der Waals surface area (Å²) in [6.07, 6.45) is 6.93. The standard InChI is InChI=1S/C24H32N4O4/c1-31-19-9-5-16(6-10-19)24(30)27-13-3-4-17(15-27)22(29)21-14-26-28(23(21)25)18-7-11-20(32-2)12-8-18/h7-8,11-12,14,16-17,19H,3-6,9-10,13,15,25H2,1-2H3/t16?,17-,19?/m1/s1. The summed E-state index contributed by atoms with van der Waals surface area (Å²) < 4.78 is 12.2. The Morgan fingerprint density at radius 2 is 1.75 bits per heavy atom. The average Bonchev–Trinajstić information content (AvgIpc) is 3.24. The molecule has 2 N–H and O–H groups in total. The van der Waals surface area contributed by atoms with Crippen molar-refractivity contribution in [1.82, 2.24) is 14.7 Å². The van der Waals surface area contributed by atoms with Gasteiger partial charge in [0.25, 0.3) is 0 Å². The van der Waals surface area contributed by atoms with E-state index in [1.165, 1.54) is 6.20 Å². The van der Waals surface area contributed by atoms with E-state index in [4.69, 9.17) is 15.2 Å². The average molecular weight is 441 g/mol. The highest BCUT2D eigenvalue weighted by Crippen LogP contribution is 2.30. The lowest BCUT2D eigenvalue weighted by Gasteiger charge is -2.36. The van der Waals surface area contributed by atoms with E-state index in [2.05, 4.69) is 5.10 Å². The number of hydrogen-bond donors (Lipinski definition) is 1. The first-order valence-electron chi connectivity index (χ1n) is 11.4. The van der Waals surface area contributed by atoms with Crippen molar-refractivity contribution >= 4 is 17.5 Å². The maximum absolute atomic E-state index is 13.3. The van der Waals surface area contributed by atoms with Crippen LogP contribution < -0.4 is 10.5 Å². The van der Waals surface area contributed by atoms with Crippen LogP contribution in [0.25, 0.3) is 5.69 Å². The fraction of sp³-hybridized carbons (Fsp3) is 0.542. The maximum atomic E-state index is 13.3. The van der Waals surface area contributed by atoms with Crippen LogP contribution in [-0.2, 0) is 9.53 Å². The topological polar surface area (TPSA) is 99.7 Å². The van der Waals surface area contributed by atoms with Crippen LogP contribution in [0.15, 0.2) is 30.5 Å². The largest absolute Gasteiger partial charge is 0.497 e. The van der Waals surface area contributed by atoms with E-state index in [0.29, 0.717) is 24.5 Å². The number of nitrogen functional groups attached to an aromatic ring is 1. The number of aromatic nitrogens is 2. The first-order chi connectivity index (χ1) is 15.5. The van der Waals surface area contributed by atoms with Gasteiger partial charge in [0.2, 0.25) is 5.91 Å². The predicted molar refractivity (Wildman–Crippen MR) is 121 cm³/mol. The summed E-state index contributed by atoms with van der Waals surface area (Å²) in [6, 6.07) is 7.33. The van der Waals surface area contributed by atoms with Crippen molar-refractivity contribution in [3.8, 4) is 11.4 Å². The van der Waals surface area contributed by atoms with Gasteiger partial charge in [-0.2, -0.15) is 5.10 Å². The highest BCUT2D eigenvalue weighted by atomic mass is 16.5. The van der Waals surface area contributed by atoms with Gasteiger partial charge in [0, 0.05) is 32.0 Å². The third kappa shape index (κ3) is 4.50. The molecule has 1 saturated heterocycles. The van der Waals surface area contributed by atoms with Gasteiger partial charge >= 0.3 is 0 Å². The van der Waals surface area contributed by atoms with Gasteiger partial charge in [0.15, 0.2) is 5.78 Å². The second-order valence-corrected chi connectivity index (χ2v) is 8.75. The third-order valence-electron chi connectivity index (χ3n) is 6.85. The Hall–Kier alpha value is -2.87. The monoisotopic (exact) mass is 440 g/mol. The van der Waals surface area contributed by atoms with Gasteiger partial charge in [-0.1, -0.05) is 0 Å². The third-order valence-corrected chi connectivity index (χ3v) is 6.85. The second kappa shape index (κ2) is 9.73. The quantitative estimate of drug-likeness (QED) is 0.693. The first kappa shape index (κ1) is 22.3. The van der Waals surface area contributed by atoms with E-state index in [0.717, 1.165) is 50.0 Å². The molecular weight excluding hydrogens is 408 g/mol. The number of carbonyl (C=O) groups is 2. The van der Waals surface area contributed by atoms with Crippen molar-refractivity contribution in [3.63, 3.8) is 0 Å². The highest BCUT2D eigenvalue weighted by molar-refractivity contribution is 6.02. The van der Waals surface area contributed by atoms with Crippen LogP contribution >= 0.6 is 0 Å². The van der Waals surface area contributed by atoms with E-state index in [1.807, 2.05) is 29.2 Å². The Morgan fingerprint density at radius 3 is 2.41 bits per heavy atom. The molecule has 1 aliphatic carbocycles. The number of ether oxygens (including phenoxy) is 2. The number of piperidine rings is 1. The molecule has 0 spiro atoms. The van der Waals surface area contributed by atoms with Gasteiger partial charge in [-0.3, -0.25) is 9.59 Å². The lowest BCUT2D eigenvalue weighted by molar-refractivity contribution is -0.138. The number of ketones is 1. The van der Waals surface area contributed by atoms with E-state index < -0.39 is 0 Å². The molecule has 1 aromatic heterocycles. The van der Waals surface area contributed by atoms with Crippen molar-refractivity contribution in [2.24, 2.45) is 11.8 Å². The van der Waals surface area contributed by atoms with E-state index in [-0.39, 0.29) is 29.6 Å². The molecule has 2 heterocycles. The summed E-state index contributed by atoms with van der Waals surface area (Å²) in [5.41, 5.74) is 7.48. The zero-order valence-corrected chi connectivity index (χ0v) is 18.8. The van der Waals surface area contributed by atoms with E-state index in [1.54, 1.807) is 18.9 Å². The van der Waals surface area contributed by atoms with Crippen LogP contribution in [0.3, 0.4) is 0 Å². The number of rotatable bonds is 6. The molecule has 1 aromatic carbocycles. The molecule has 0 unspecified atom stereocenters. The Balaban J connectivity index is 1.43. The smallest absolute Gasteiger partial charge is 0.225 e. The molecule has 1 aliphatic heterocycles. The molecule has 1 saturated carbocycles. The summed E-state index contributed by atoms with van der Waals surface area (Å²) in [5, 5.41) is 4.34. The number of carbonyl (C=O) groups excluding carboxylic acids is 2. The molecule has 2 aliphatic rings. The Morgan fingerprint density at radius 1 is 1.03 bits per heavy atom.